The van der Waals surface area contributed by atoms with Crippen LogP contribution in [-0.4, -0.2) is 53.9 Å². The summed E-state index contributed by atoms with van der Waals surface area (Å²) in [6.07, 6.45) is 4.98. The smallest absolute Gasteiger partial charge is 0.191 e. The van der Waals surface area contributed by atoms with Gasteiger partial charge < -0.3 is 20.6 Å². The Bertz CT molecular complexity index is 597. The first kappa shape index (κ1) is 21.2. The predicted octanol–water partition coefficient (Wildman–Crippen LogP) is 2.45. The molecule has 146 valence electrons. The first-order valence-corrected chi connectivity index (χ1v) is 9.54. The third kappa shape index (κ3) is 5.70. The van der Waals surface area contributed by atoms with Gasteiger partial charge in [-0.3, -0.25) is 4.99 Å². The van der Waals surface area contributed by atoms with Gasteiger partial charge in [-0.15, -0.1) is 24.0 Å². The quantitative estimate of drug-likeness (QED) is 0.348. The number of aromatic nitrogens is 1. The van der Waals surface area contributed by atoms with Crippen molar-refractivity contribution >= 4 is 35.8 Å². The number of halogens is 1. The highest BCUT2D eigenvalue weighted by atomic mass is 127. The lowest BCUT2D eigenvalue weighted by molar-refractivity contribution is -0.0236. The number of pyridine rings is 1. The summed E-state index contributed by atoms with van der Waals surface area (Å²) in [5, 5.41) is 17.1. The number of piperidine rings is 1. The second kappa shape index (κ2) is 9.73. The van der Waals surface area contributed by atoms with Crippen molar-refractivity contribution in [2.45, 2.75) is 57.6 Å². The van der Waals surface area contributed by atoms with E-state index in [0.717, 1.165) is 69.2 Å². The van der Waals surface area contributed by atoms with Gasteiger partial charge in [0.25, 0.3) is 0 Å². The van der Waals surface area contributed by atoms with Crippen molar-refractivity contribution < 1.29 is 5.11 Å². The topological polar surface area (TPSA) is 72.8 Å². The highest BCUT2D eigenvalue weighted by Crippen LogP contribution is 2.31. The molecule has 0 unspecified atom stereocenters. The molecule has 2 aliphatic rings. The molecule has 1 aliphatic heterocycles. The van der Waals surface area contributed by atoms with Gasteiger partial charge in [0, 0.05) is 31.4 Å². The Morgan fingerprint density at radius 3 is 2.65 bits per heavy atom. The summed E-state index contributed by atoms with van der Waals surface area (Å²) in [5.74, 6) is 1.90. The minimum absolute atomic E-state index is 0. The molecule has 0 bridgehead atoms. The van der Waals surface area contributed by atoms with Crippen LogP contribution in [0.3, 0.4) is 0 Å². The lowest BCUT2D eigenvalue weighted by Gasteiger charge is -2.36. The fourth-order valence-corrected chi connectivity index (χ4v) is 3.44. The van der Waals surface area contributed by atoms with Gasteiger partial charge in [-0.05, 0) is 58.1 Å². The minimum Gasteiger partial charge on any atom is -0.388 e. The number of nitrogens with zero attached hydrogens (tertiary/aromatic N) is 3. The lowest BCUT2D eigenvalue weighted by atomic mass is 9.80. The van der Waals surface area contributed by atoms with E-state index in [9.17, 15) is 5.11 Å². The second-order valence-electron chi connectivity index (χ2n) is 7.32. The first-order chi connectivity index (χ1) is 12.1. The van der Waals surface area contributed by atoms with Crippen molar-refractivity contribution in [1.82, 2.24) is 15.6 Å². The van der Waals surface area contributed by atoms with Crippen LogP contribution in [0.2, 0.25) is 0 Å². The van der Waals surface area contributed by atoms with Crippen LogP contribution in [0, 0.1) is 6.92 Å². The van der Waals surface area contributed by atoms with Crippen LogP contribution in [0.4, 0.5) is 5.82 Å². The van der Waals surface area contributed by atoms with Gasteiger partial charge in [0.05, 0.1) is 12.1 Å². The Hall–Kier alpha value is -1.09. The van der Waals surface area contributed by atoms with Crippen LogP contribution in [0.15, 0.2) is 23.2 Å². The Balaban J connectivity index is 0.00000243. The van der Waals surface area contributed by atoms with Crippen LogP contribution < -0.4 is 15.5 Å². The van der Waals surface area contributed by atoms with Gasteiger partial charge in [0.15, 0.2) is 5.96 Å². The van der Waals surface area contributed by atoms with Crippen molar-refractivity contribution in [3.63, 3.8) is 0 Å². The minimum atomic E-state index is -0.567. The van der Waals surface area contributed by atoms with E-state index in [1.54, 1.807) is 0 Å². The molecule has 1 saturated heterocycles. The molecular formula is C19H32IN5O. The Morgan fingerprint density at radius 1 is 1.35 bits per heavy atom. The molecule has 0 atom stereocenters. The van der Waals surface area contributed by atoms with Crippen molar-refractivity contribution in [3.05, 3.63) is 23.9 Å². The zero-order valence-electron chi connectivity index (χ0n) is 15.9. The standard InChI is InChI=1S/C19H31N5O.HI/c1-3-20-18(21-14-19(25)10-5-11-19)23-16-8-12-24(13-9-16)17-7-4-6-15(2)22-17;/h4,6-7,16,25H,3,5,8-14H2,1-2H3,(H2,20,21,23);1H. The van der Waals surface area contributed by atoms with Crippen molar-refractivity contribution in [2.24, 2.45) is 4.99 Å². The number of aliphatic imine (C=N–C) groups is 1. The maximum Gasteiger partial charge on any atom is 0.191 e. The third-order valence-electron chi connectivity index (χ3n) is 5.19. The molecule has 26 heavy (non-hydrogen) atoms. The van der Waals surface area contributed by atoms with Gasteiger partial charge in [0.2, 0.25) is 0 Å². The average molecular weight is 473 g/mol. The normalized spacial score (nSPS) is 20.1. The van der Waals surface area contributed by atoms with E-state index in [2.05, 4.69) is 44.6 Å². The fourth-order valence-electron chi connectivity index (χ4n) is 3.44. The zero-order valence-corrected chi connectivity index (χ0v) is 18.2. The molecule has 6 nitrogen and oxygen atoms in total. The molecule has 2 heterocycles. The van der Waals surface area contributed by atoms with Crippen LogP contribution in [0.5, 0.6) is 0 Å². The number of guanidine groups is 1. The molecule has 3 N–H and O–H groups in total. The molecule has 0 radical (unpaired) electrons. The molecule has 2 fully saturated rings. The SMILES string of the molecule is CCNC(=NCC1(O)CCC1)NC1CCN(c2cccc(C)n2)CC1.I. The van der Waals surface area contributed by atoms with Crippen LogP contribution >= 0.6 is 24.0 Å². The van der Waals surface area contributed by atoms with Gasteiger partial charge in [-0.25, -0.2) is 4.98 Å². The zero-order chi connectivity index (χ0) is 17.7. The third-order valence-corrected chi connectivity index (χ3v) is 5.19. The molecule has 1 saturated carbocycles. The van der Waals surface area contributed by atoms with E-state index in [1.807, 2.05) is 13.0 Å². The number of aryl methyl sites for hydroxylation is 1. The maximum absolute atomic E-state index is 10.2. The monoisotopic (exact) mass is 473 g/mol. The average Bonchev–Trinajstić information content (AvgIpc) is 2.59. The lowest BCUT2D eigenvalue weighted by Crippen LogP contribution is -2.49. The fraction of sp³-hybridized carbons (Fsp3) is 0.684. The van der Waals surface area contributed by atoms with Crippen molar-refractivity contribution in [1.29, 1.82) is 0 Å². The molecule has 1 aliphatic carbocycles. The Morgan fingerprint density at radius 2 is 2.08 bits per heavy atom. The van der Waals surface area contributed by atoms with Crippen molar-refractivity contribution in [3.8, 4) is 0 Å². The van der Waals surface area contributed by atoms with Gasteiger partial charge in [0.1, 0.15) is 5.82 Å². The number of hydrogen-bond donors (Lipinski definition) is 3. The molecule has 3 rings (SSSR count). The maximum atomic E-state index is 10.2. The van der Waals surface area contributed by atoms with Crippen LogP contribution in [-0.2, 0) is 0 Å². The van der Waals surface area contributed by atoms with Gasteiger partial charge in [-0.1, -0.05) is 6.07 Å². The van der Waals surface area contributed by atoms with Gasteiger partial charge in [-0.2, -0.15) is 0 Å². The Labute approximate surface area is 173 Å². The number of nitrogens with one attached hydrogen (secondary N) is 2. The molecular weight excluding hydrogens is 441 g/mol. The van der Waals surface area contributed by atoms with E-state index in [1.165, 1.54) is 0 Å². The summed E-state index contributed by atoms with van der Waals surface area (Å²) in [5.41, 5.74) is 0.496. The first-order valence-electron chi connectivity index (χ1n) is 9.54. The summed E-state index contributed by atoms with van der Waals surface area (Å²) >= 11 is 0. The van der Waals surface area contributed by atoms with E-state index in [-0.39, 0.29) is 24.0 Å². The predicted molar refractivity (Wildman–Crippen MR) is 118 cm³/mol. The summed E-state index contributed by atoms with van der Waals surface area (Å²) in [6, 6.07) is 6.61. The summed E-state index contributed by atoms with van der Waals surface area (Å²) < 4.78 is 0. The van der Waals surface area contributed by atoms with Crippen LogP contribution in [0.25, 0.3) is 0 Å². The van der Waals surface area contributed by atoms with Crippen LogP contribution in [0.1, 0.15) is 44.7 Å². The molecule has 0 spiro atoms. The number of rotatable bonds is 5. The van der Waals surface area contributed by atoms with E-state index >= 15 is 0 Å². The molecule has 0 aromatic carbocycles. The highest BCUT2D eigenvalue weighted by Gasteiger charge is 2.34. The molecule has 7 heteroatoms. The second-order valence-corrected chi connectivity index (χ2v) is 7.32. The molecule has 1 aromatic rings. The Kier molecular flexibility index (Phi) is 7.94. The molecule has 0 amide bonds. The van der Waals surface area contributed by atoms with E-state index in [0.29, 0.717) is 12.6 Å². The summed E-state index contributed by atoms with van der Waals surface area (Å²) in [4.78, 5) is 11.6. The number of anilines is 1. The summed E-state index contributed by atoms with van der Waals surface area (Å²) in [6.45, 7) is 7.42. The van der Waals surface area contributed by atoms with Gasteiger partial charge >= 0.3 is 0 Å². The van der Waals surface area contributed by atoms with E-state index in [4.69, 9.17) is 0 Å². The summed E-state index contributed by atoms with van der Waals surface area (Å²) in [7, 11) is 0. The highest BCUT2D eigenvalue weighted by molar-refractivity contribution is 14.0. The van der Waals surface area contributed by atoms with Crippen molar-refractivity contribution in [2.75, 3.05) is 31.1 Å². The van der Waals surface area contributed by atoms with E-state index < -0.39 is 5.60 Å². The largest absolute Gasteiger partial charge is 0.388 e. The molecule has 1 aromatic heterocycles. The number of hydrogen-bond acceptors (Lipinski definition) is 4. The number of aliphatic hydroxyl groups is 1.